The largest absolute Gasteiger partial charge is 0.506 e. The minimum Gasteiger partial charge on any atom is -0.506 e. The predicted molar refractivity (Wildman–Crippen MR) is 80.6 cm³/mol. The molecule has 0 fully saturated rings. The van der Waals surface area contributed by atoms with Crippen molar-refractivity contribution in [2.24, 2.45) is 0 Å². The monoisotopic (exact) mass is 283 g/mol. The van der Waals surface area contributed by atoms with Gasteiger partial charge in [-0.25, -0.2) is 4.68 Å². The molecule has 3 aromatic rings. The first-order valence-electron chi connectivity index (χ1n) is 6.78. The summed E-state index contributed by atoms with van der Waals surface area (Å²) in [5.41, 5.74) is 2.69. The molecule has 1 heterocycles. The molecule has 1 aromatic heterocycles. The van der Waals surface area contributed by atoms with Crippen LogP contribution in [0.25, 0.3) is 16.7 Å². The molecule has 2 aromatic carbocycles. The quantitative estimate of drug-likeness (QED) is 0.774. The number of hydrogen-bond donors (Lipinski definition) is 2. The van der Waals surface area contributed by atoms with E-state index >= 15 is 0 Å². The lowest BCUT2D eigenvalue weighted by atomic mass is 9.85. The van der Waals surface area contributed by atoms with Gasteiger partial charge in [-0.3, -0.25) is 0 Å². The molecule has 3 rings (SSSR count). The Balaban J connectivity index is 2.20. The Morgan fingerprint density at radius 2 is 1.90 bits per heavy atom. The highest BCUT2D eigenvalue weighted by atomic mass is 16.3. The highest BCUT2D eigenvalue weighted by Crippen LogP contribution is 2.30. The molecule has 0 saturated heterocycles. The molecule has 0 aliphatic heterocycles. The zero-order valence-electron chi connectivity index (χ0n) is 12.0. The molecule has 0 aliphatic rings. The summed E-state index contributed by atoms with van der Waals surface area (Å²) in [6.45, 7) is 3.92. The van der Waals surface area contributed by atoms with Gasteiger partial charge in [-0.15, -0.1) is 5.10 Å². The van der Waals surface area contributed by atoms with Gasteiger partial charge in [0.1, 0.15) is 17.0 Å². The van der Waals surface area contributed by atoms with Gasteiger partial charge in [0.25, 0.3) is 0 Å². The van der Waals surface area contributed by atoms with Gasteiger partial charge in [-0.1, -0.05) is 37.3 Å². The molecule has 108 valence electrons. The van der Waals surface area contributed by atoms with Crippen molar-refractivity contribution < 1.29 is 10.2 Å². The number of phenolic OH excluding ortho intramolecular Hbond substituents is 1. The summed E-state index contributed by atoms with van der Waals surface area (Å²) in [6.07, 6.45) is 0. The number of hydrogen-bond acceptors (Lipinski definition) is 4. The normalized spacial score (nSPS) is 12.0. The Morgan fingerprint density at radius 3 is 2.67 bits per heavy atom. The molecule has 0 spiro atoms. The van der Waals surface area contributed by atoms with Gasteiger partial charge in [-0.2, -0.15) is 0 Å². The van der Waals surface area contributed by atoms with Crippen molar-refractivity contribution in [3.63, 3.8) is 0 Å². The summed E-state index contributed by atoms with van der Waals surface area (Å²) in [6, 6.07) is 12.8. The van der Waals surface area contributed by atoms with Crippen molar-refractivity contribution in [1.29, 1.82) is 0 Å². The lowest BCUT2D eigenvalue weighted by molar-refractivity contribution is 0.218. The van der Waals surface area contributed by atoms with E-state index in [2.05, 4.69) is 10.3 Å². The number of aromatic nitrogens is 3. The molecule has 0 bridgehead atoms. The summed E-state index contributed by atoms with van der Waals surface area (Å²) in [5.74, 6) is 0.128. The van der Waals surface area contributed by atoms with Crippen molar-refractivity contribution >= 4 is 11.0 Å². The van der Waals surface area contributed by atoms with E-state index in [1.54, 1.807) is 10.7 Å². The topological polar surface area (TPSA) is 71.2 Å². The highest BCUT2D eigenvalue weighted by molar-refractivity contribution is 5.76. The molecule has 0 unspecified atom stereocenters. The van der Waals surface area contributed by atoms with Gasteiger partial charge in [0.2, 0.25) is 0 Å². The van der Waals surface area contributed by atoms with E-state index in [0.717, 1.165) is 16.6 Å². The van der Waals surface area contributed by atoms with Crippen LogP contribution < -0.4 is 0 Å². The Labute approximate surface area is 122 Å². The fourth-order valence-electron chi connectivity index (χ4n) is 2.25. The molecule has 5 nitrogen and oxygen atoms in total. The minimum atomic E-state index is -0.390. The van der Waals surface area contributed by atoms with Gasteiger partial charge < -0.3 is 10.2 Å². The smallest absolute Gasteiger partial charge is 0.141 e. The zero-order chi connectivity index (χ0) is 15.0. The van der Waals surface area contributed by atoms with E-state index in [4.69, 9.17) is 0 Å². The number of aliphatic hydroxyl groups is 1. The van der Waals surface area contributed by atoms with Crippen LogP contribution in [-0.4, -0.2) is 31.8 Å². The lowest BCUT2D eigenvalue weighted by Gasteiger charge is -2.23. The molecular formula is C16H17N3O2. The Morgan fingerprint density at radius 1 is 1.14 bits per heavy atom. The third-order valence-electron chi connectivity index (χ3n) is 3.73. The Kier molecular flexibility index (Phi) is 3.14. The van der Waals surface area contributed by atoms with Crippen LogP contribution >= 0.6 is 0 Å². The third kappa shape index (κ3) is 2.25. The number of aromatic hydroxyl groups is 1. The van der Waals surface area contributed by atoms with Crippen LogP contribution in [0.5, 0.6) is 5.75 Å². The number of rotatable bonds is 3. The van der Waals surface area contributed by atoms with E-state index in [9.17, 15) is 10.2 Å². The average molecular weight is 283 g/mol. The van der Waals surface area contributed by atoms with Crippen LogP contribution in [-0.2, 0) is 5.41 Å². The minimum absolute atomic E-state index is 0.0231. The fourth-order valence-corrected chi connectivity index (χ4v) is 2.25. The molecule has 0 amide bonds. The molecule has 2 N–H and O–H groups in total. The maximum atomic E-state index is 10.2. The van der Waals surface area contributed by atoms with Gasteiger partial charge in [0, 0.05) is 5.41 Å². The zero-order valence-corrected chi connectivity index (χ0v) is 12.0. The molecule has 0 aliphatic carbocycles. The summed E-state index contributed by atoms with van der Waals surface area (Å²) in [7, 11) is 0. The highest BCUT2D eigenvalue weighted by Gasteiger charge is 2.21. The van der Waals surface area contributed by atoms with E-state index in [1.165, 1.54) is 0 Å². The van der Waals surface area contributed by atoms with Crippen LogP contribution in [0, 0.1) is 0 Å². The van der Waals surface area contributed by atoms with Crippen LogP contribution in [0.1, 0.15) is 19.4 Å². The van der Waals surface area contributed by atoms with E-state index in [1.807, 2.05) is 50.2 Å². The first-order valence-corrected chi connectivity index (χ1v) is 6.78. The van der Waals surface area contributed by atoms with Crippen LogP contribution in [0.4, 0.5) is 0 Å². The van der Waals surface area contributed by atoms with Crippen LogP contribution in [0.15, 0.2) is 42.5 Å². The van der Waals surface area contributed by atoms with Crippen LogP contribution in [0.3, 0.4) is 0 Å². The SMILES string of the molecule is CC(C)(CO)c1ccc(O)c(-n2nnc3ccccc32)c1. The second-order valence-electron chi connectivity index (χ2n) is 5.74. The molecule has 0 saturated carbocycles. The Bertz CT molecular complexity index is 793. The van der Waals surface area contributed by atoms with E-state index < -0.39 is 5.41 Å². The summed E-state index contributed by atoms with van der Waals surface area (Å²) in [5, 5.41) is 27.9. The average Bonchev–Trinajstić information content (AvgIpc) is 2.91. The van der Waals surface area contributed by atoms with Crippen molar-refractivity contribution in [2.45, 2.75) is 19.3 Å². The van der Waals surface area contributed by atoms with Crippen molar-refractivity contribution in [2.75, 3.05) is 6.61 Å². The van der Waals surface area contributed by atoms with Crippen molar-refractivity contribution in [1.82, 2.24) is 15.0 Å². The summed E-state index contributed by atoms with van der Waals surface area (Å²) < 4.78 is 1.61. The van der Waals surface area contributed by atoms with E-state index in [-0.39, 0.29) is 12.4 Å². The Hall–Kier alpha value is -2.40. The van der Waals surface area contributed by atoms with Crippen molar-refractivity contribution in [3.05, 3.63) is 48.0 Å². The number of nitrogens with zero attached hydrogens (tertiary/aromatic N) is 3. The van der Waals surface area contributed by atoms with E-state index in [0.29, 0.717) is 5.69 Å². The van der Waals surface area contributed by atoms with Crippen molar-refractivity contribution in [3.8, 4) is 11.4 Å². The van der Waals surface area contributed by atoms with Gasteiger partial charge in [0.15, 0.2) is 0 Å². The number of aliphatic hydroxyl groups excluding tert-OH is 1. The van der Waals surface area contributed by atoms with Crippen LogP contribution in [0.2, 0.25) is 0 Å². The second kappa shape index (κ2) is 4.86. The number of para-hydroxylation sites is 1. The number of fused-ring (bicyclic) bond motifs is 1. The maximum Gasteiger partial charge on any atom is 0.141 e. The van der Waals surface area contributed by atoms with Gasteiger partial charge in [0.05, 0.1) is 12.1 Å². The summed E-state index contributed by atoms with van der Waals surface area (Å²) >= 11 is 0. The second-order valence-corrected chi connectivity index (χ2v) is 5.74. The molecule has 5 heteroatoms. The first-order chi connectivity index (χ1) is 10.0. The maximum absolute atomic E-state index is 10.2. The molecule has 21 heavy (non-hydrogen) atoms. The molecular weight excluding hydrogens is 266 g/mol. The molecule has 0 atom stereocenters. The first kappa shape index (κ1) is 13.6. The number of benzene rings is 2. The standard InChI is InChI=1S/C16H17N3O2/c1-16(2,10-20)11-7-8-15(21)14(9-11)19-13-6-4-3-5-12(13)17-18-19/h3-9,20-21H,10H2,1-2H3. The lowest BCUT2D eigenvalue weighted by Crippen LogP contribution is -2.22. The van der Waals surface area contributed by atoms with Gasteiger partial charge in [-0.05, 0) is 29.8 Å². The number of phenols is 1. The fraction of sp³-hybridized carbons (Fsp3) is 0.250. The molecule has 0 radical (unpaired) electrons. The summed E-state index contributed by atoms with van der Waals surface area (Å²) in [4.78, 5) is 0. The predicted octanol–water partition coefficient (Wildman–Crippen LogP) is 2.40. The van der Waals surface area contributed by atoms with Gasteiger partial charge >= 0.3 is 0 Å². The third-order valence-corrected chi connectivity index (χ3v) is 3.73.